The lowest BCUT2D eigenvalue weighted by Gasteiger charge is -2.09. The molecule has 4 N–H and O–H groups in total. The third-order valence-electron chi connectivity index (χ3n) is 3.89. The van der Waals surface area contributed by atoms with Crippen molar-refractivity contribution >= 4 is 10.8 Å². The number of hydrogen-bond acceptors (Lipinski definition) is 4. The van der Waals surface area contributed by atoms with Crippen LogP contribution in [-0.4, -0.2) is 23.2 Å². The number of fused-ring (bicyclic) bond motifs is 1. The second-order valence-corrected chi connectivity index (χ2v) is 5.61. The van der Waals surface area contributed by atoms with Gasteiger partial charge in [-0.2, -0.15) is 0 Å². The van der Waals surface area contributed by atoms with E-state index in [0.29, 0.717) is 6.54 Å². The molecular weight excluding hydrogens is 286 g/mol. The summed E-state index contributed by atoms with van der Waals surface area (Å²) >= 11 is 0. The van der Waals surface area contributed by atoms with Gasteiger partial charge in [0.05, 0.1) is 0 Å². The zero-order valence-corrected chi connectivity index (χ0v) is 13.0. The van der Waals surface area contributed by atoms with Crippen molar-refractivity contribution in [3.63, 3.8) is 0 Å². The highest BCUT2D eigenvalue weighted by Gasteiger charge is 2.06. The third kappa shape index (κ3) is 3.67. The molecule has 0 bridgehead atoms. The fourth-order valence-electron chi connectivity index (χ4n) is 2.65. The first kappa shape index (κ1) is 15.5. The highest BCUT2D eigenvalue weighted by atomic mass is 16.3. The van der Waals surface area contributed by atoms with Gasteiger partial charge in [-0.05, 0) is 54.2 Å². The number of nitrogens with one attached hydrogen (secondary N) is 1. The molecule has 0 saturated heterocycles. The summed E-state index contributed by atoms with van der Waals surface area (Å²) in [6.45, 7) is 2.46. The van der Waals surface area contributed by atoms with E-state index in [2.05, 4.69) is 28.5 Å². The van der Waals surface area contributed by atoms with Crippen molar-refractivity contribution in [2.75, 3.05) is 13.1 Å². The lowest BCUT2D eigenvalue weighted by Crippen LogP contribution is -2.17. The predicted octanol–water partition coefficient (Wildman–Crippen LogP) is 3.05. The number of benzene rings is 2. The van der Waals surface area contributed by atoms with E-state index in [9.17, 15) is 5.11 Å². The van der Waals surface area contributed by atoms with Crippen LogP contribution in [0.3, 0.4) is 0 Å². The van der Waals surface area contributed by atoms with E-state index in [-0.39, 0.29) is 5.75 Å². The number of rotatable bonds is 6. The largest absolute Gasteiger partial charge is 0.508 e. The molecule has 0 unspecified atom stereocenters. The van der Waals surface area contributed by atoms with E-state index < -0.39 is 0 Å². The normalized spacial score (nSPS) is 11.0. The molecular formula is C19H21N3O. The van der Waals surface area contributed by atoms with Gasteiger partial charge in [0.25, 0.3) is 0 Å². The minimum Gasteiger partial charge on any atom is -0.508 e. The Bertz CT molecular complexity index is 784. The Morgan fingerprint density at radius 2 is 1.87 bits per heavy atom. The Hall–Kier alpha value is -2.43. The standard InChI is InChI=1S/C19H21N3O/c20-8-1-9-21-11-14-2-3-16-12-22-13-19(18(16)10-14)15-4-6-17(23)7-5-15/h2-7,10,12-13,21,23H,1,8-9,11,20H2. The maximum Gasteiger partial charge on any atom is 0.115 e. The first-order valence-electron chi connectivity index (χ1n) is 7.85. The van der Waals surface area contributed by atoms with E-state index in [4.69, 9.17) is 5.73 Å². The fourth-order valence-corrected chi connectivity index (χ4v) is 2.65. The molecule has 0 saturated carbocycles. The predicted molar refractivity (Wildman–Crippen MR) is 94.2 cm³/mol. The van der Waals surface area contributed by atoms with Gasteiger partial charge in [0.15, 0.2) is 0 Å². The zero-order chi connectivity index (χ0) is 16.1. The fraction of sp³-hybridized carbons (Fsp3) is 0.211. The van der Waals surface area contributed by atoms with Gasteiger partial charge < -0.3 is 16.2 Å². The number of phenolic OH excluding ortho intramolecular Hbond substituents is 1. The van der Waals surface area contributed by atoms with Gasteiger partial charge in [-0.15, -0.1) is 0 Å². The molecule has 3 aromatic rings. The summed E-state index contributed by atoms with van der Waals surface area (Å²) in [6.07, 6.45) is 4.74. The van der Waals surface area contributed by atoms with Gasteiger partial charge in [0, 0.05) is 29.9 Å². The van der Waals surface area contributed by atoms with Crippen LogP contribution in [0.15, 0.2) is 54.9 Å². The van der Waals surface area contributed by atoms with E-state index in [1.165, 1.54) is 10.9 Å². The number of hydrogen-bond donors (Lipinski definition) is 3. The molecule has 0 amide bonds. The van der Waals surface area contributed by atoms with Crippen LogP contribution < -0.4 is 11.1 Å². The van der Waals surface area contributed by atoms with Crippen LogP contribution in [0.4, 0.5) is 0 Å². The molecule has 0 aliphatic rings. The quantitative estimate of drug-likeness (QED) is 0.612. The Morgan fingerprint density at radius 1 is 1.04 bits per heavy atom. The minimum atomic E-state index is 0.270. The second-order valence-electron chi connectivity index (χ2n) is 5.61. The average Bonchev–Trinajstić information content (AvgIpc) is 2.59. The molecule has 4 heteroatoms. The number of nitrogens with two attached hydrogens (primary N) is 1. The van der Waals surface area contributed by atoms with Gasteiger partial charge >= 0.3 is 0 Å². The molecule has 0 fully saturated rings. The smallest absolute Gasteiger partial charge is 0.115 e. The van der Waals surface area contributed by atoms with Crippen molar-refractivity contribution in [3.05, 3.63) is 60.4 Å². The zero-order valence-electron chi connectivity index (χ0n) is 13.0. The number of aromatic nitrogens is 1. The van der Waals surface area contributed by atoms with Crippen molar-refractivity contribution in [1.82, 2.24) is 10.3 Å². The molecule has 2 aromatic carbocycles. The first-order valence-corrected chi connectivity index (χ1v) is 7.85. The summed E-state index contributed by atoms with van der Waals surface area (Å²) in [6, 6.07) is 13.7. The maximum absolute atomic E-state index is 9.47. The number of pyridine rings is 1. The lowest BCUT2D eigenvalue weighted by atomic mass is 9.99. The summed E-state index contributed by atoms with van der Waals surface area (Å²) < 4.78 is 0. The third-order valence-corrected chi connectivity index (χ3v) is 3.89. The van der Waals surface area contributed by atoms with Gasteiger partial charge in [-0.25, -0.2) is 0 Å². The Labute approximate surface area is 136 Å². The van der Waals surface area contributed by atoms with E-state index in [0.717, 1.165) is 36.0 Å². The molecule has 0 radical (unpaired) electrons. The van der Waals surface area contributed by atoms with Crippen molar-refractivity contribution in [3.8, 4) is 16.9 Å². The highest BCUT2D eigenvalue weighted by molar-refractivity contribution is 5.96. The Morgan fingerprint density at radius 3 is 2.65 bits per heavy atom. The van der Waals surface area contributed by atoms with Gasteiger partial charge in [-0.3, -0.25) is 4.98 Å². The van der Waals surface area contributed by atoms with Crippen molar-refractivity contribution < 1.29 is 5.11 Å². The Kier molecular flexibility index (Phi) is 4.86. The molecule has 23 heavy (non-hydrogen) atoms. The van der Waals surface area contributed by atoms with Crippen molar-refractivity contribution in [1.29, 1.82) is 0 Å². The topological polar surface area (TPSA) is 71.2 Å². The first-order chi connectivity index (χ1) is 11.3. The summed E-state index contributed by atoms with van der Waals surface area (Å²) in [5, 5.41) is 15.2. The van der Waals surface area contributed by atoms with Crippen LogP contribution in [-0.2, 0) is 6.54 Å². The molecule has 118 valence electrons. The molecule has 0 spiro atoms. The van der Waals surface area contributed by atoms with Gasteiger partial charge in [-0.1, -0.05) is 24.3 Å². The summed E-state index contributed by atoms with van der Waals surface area (Å²) in [5.74, 6) is 0.270. The van der Waals surface area contributed by atoms with Crippen LogP contribution in [0.1, 0.15) is 12.0 Å². The van der Waals surface area contributed by atoms with E-state index >= 15 is 0 Å². The molecule has 3 rings (SSSR count). The van der Waals surface area contributed by atoms with Crippen LogP contribution >= 0.6 is 0 Å². The minimum absolute atomic E-state index is 0.270. The Balaban J connectivity index is 1.93. The number of nitrogens with zero attached hydrogens (tertiary/aromatic N) is 1. The highest BCUT2D eigenvalue weighted by Crippen LogP contribution is 2.29. The van der Waals surface area contributed by atoms with Crippen LogP contribution in [0.5, 0.6) is 5.75 Å². The molecule has 0 atom stereocenters. The maximum atomic E-state index is 9.47. The van der Waals surface area contributed by atoms with Crippen LogP contribution in [0, 0.1) is 0 Å². The molecule has 0 aliphatic carbocycles. The average molecular weight is 307 g/mol. The summed E-state index contributed by atoms with van der Waals surface area (Å²) in [5.41, 5.74) is 8.87. The molecule has 1 aromatic heterocycles. The van der Waals surface area contributed by atoms with Crippen molar-refractivity contribution in [2.24, 2.45) is 5.73 Å². The van der Waals surface area contributed by atoms with E-state index in [1.54, 1.807) is 12.1 Å². The SMILES string of the molecule is NCCCNCc1ccc2cncc(-c3ccc(O)cc3)c2c1. The van der Waals surface area contributed by atoms with Crippen LogP contribution in [0.25, 0.3) is 21.9 Å². The van der Waals surface area contributed by atoms with Crippen LogP contribution in [0.2, 0.25) is 0 Å². The molecule has 1 heterocycles. The van der Waals surface area contributed by atoms with Gasteiger partial charge in [0.1, 0.15) is 5.75 Å². The lowest BCUT2D eigenvalue weighted by molar-refractivity contribution is 0.475. The second kappa shape index (κ2) is 7.22. The van der Waals surface area contributed by atoms with Gasteiger partial charge in [0.2, 0.25) is 0 Å². The molecule has 0 aliphatic heterocycles. The summed E-state index contributed by atoms with van der Waals surface area (Å²) in [7, 11) is 0. The number of aromatic hydroxyl groups is 1. The molecule has 4 nitrogen and oxygen atoms in total. The van der Waals surface area contributed by atoms with Crippen molar-refractivity contribution in [2.45, 2.75) is 13.0 Å². The number of phenols is 1. The van der Waals surface area contributed by atoms with E-state index in [1.807, 2.05) is 24.5 Å². The summed E-state index contributed by atoms with van der Waals surface area (Å²) in [4.78, 5) is 4.34. The monoisotopic (exact) mass is 307 g/mol.